The predicted molar refractivity (Wildman–Crippen MR) is 257 cm³/mol. The molecule has 5 aliphatic rings. The number of sulfonamides is 1. The SMILES string of the molecule is CC(C)c1ccccc1[C@@H]1CCCN1C1CC2(CCN(c3ccc(C(=O)NS(=O)(=O)c4cc5c(c([N+](=O)[O-])c4)SC(C4CCC(C)(C)CC4)CO5)c(Oc4cnc5[nH]cc(F)c5c4)c3)CC2)C1. The number of anilines is 1. The van der Waals surface area contributed by atoms with Gasteiger partial charge in [0.25, 0.3) is 21.6 Å². The van der Waals surface area contributed by atoms with Crippen molar-refractivity contribution >= 4 is 50.1 Å². The van der Waals surface area contributed by atoms with Crippen LogP contribution < -0.4 is 19.1 Å². The highest BCUT2D eigenvalue weighted by molar-refractivity contribution is 8.00. The number of benzene rings is 3. The number of nitro groups is 1. The Morgan fingerprint density at radius 2 is 1.79 bits per heavy atom. The number of fused-ring (bicyclic) bond motifs is 2. The topological polar surface area (TPSA) is 160 Å². The molecule has 2 saturated heterocycles. The van der Waals surface area contributed by atoms with Gasteiger partial charge in [0, 0.05) is 60.5 Å². The normalized spacial score (nSPS) is 22.1. The summed E-state index contributed by atoms with van der Waals surface area (Å²) in [7, 11) is -4.67. The van der Waals surface area contributed by atoms with Gasteiger partial charge in [-0.2, -0.15) is 0 Å². The van der Waals surface area contributed by atoms with Gasteiger partial charge in [0.15, 0.2) is 0 Å². The Morgan fingerprint density at radius 3 is 2.54 bits per heavy atom. The van der Waals surface area contributed by atoms with E-state index < -0.39 is 37.3 Å². The number of thioether (sulfide) groups is 1. The molecule has 10 rings (SSSR count). The van der Waals surface area contributed by atoms with Gasteiger partial charge in [-0.25, -0.2) is 22.5 Å². The number of H-pyrrole nitrogens is 1. The molecule has 1 amide bonds. The summed E-state index contributed by atoms with van der Waals surface area (Å²) < 4.78 is 57.1. The molecule has 2 N–H and O–H groups in total. The molecule has 2 saturated carbocycles. The molecule has 2 aromatic heterocycles. The standard InChI is InChI=1S/C51H59FN6O7S2/c1-31(2)37-8-5-6-9-38(37)42-10-7-19-57(42)34-26-51(27-34)17-20-56(21-18-51)33-11-12-39(44(22-33)65-35-23-40-41(52)29-54-48(40)53-28-35)49(59)55-67(62,63)36-24-43(58(60)61)47-45(25-36)64-30-46(66-47)32-13-15-50(3,4)16-14-32/h5-6,8-9,11-12,22-25,28-29,31-32,34,42,46H,7,10,13-21,26-27,30H2,1-4H3,(H,53,54)(H,55,59)/t42-,46?/m0/s1. The third-order valence-corrected chi connectivity index (χ3v) is 18.3. The Morgan fingerprint density at radius 1 is 1.03 bits per heavy atom. The van der Waals surface area contributed by atoms with Crippen LogP contribution in [0.25, 0.3) is 11.0 Å². The molecule has 354 valence electrons. The number of carbonyl (C=O) groups is 1. The Bertz CT molecular complexity index is 2830. The minimum Gasteiger partial charge on any atom is -0.491 e. The van der Waals surface area contributed by atoms with Gasteiger partial charge in [-0.1, -0.05) is 52.0 Å². The lowest BCUT2D eigenvalue weighted by Gasteiger charge is -2.56. The first-order chi connectivity index (χ1) is 32.1. The van der Waals surface area contributed by atoms with Gasteiger partial charge in [-0.05, 0) is 123 Å². The van der Waals surface area contributed by atoms with Gasteiger partial charge in [0.05, 0.1) is 27.0 Å². The lowest BCUT2D eigenvalue weighted by Crippen LogP contribution is -2.54. The molecule has 16 heteroatoms. The predicted octanol–water partition coefficient (Wildman–Crippen LogP) is 11.3. The number of ether oxygens (including phenoxy) is 2. The molecule has 4 fully saturated rings. The monoisotopic (exact) mass is 950 g/mol. The van der Waals surface area contributed by atoms with Crippen LogP contribution in [0.2, 0.25) is 0 Å². The number of hydrogen-bond acceptors (Lipinski definition) is 11. The molecule has 5 heterocycles. The van der Waals surface area contributed by atoms with Crippen molar-refractivity contribution in [2.45, 2.75) is 125 Å². The van der Waals surface area contributed by atoms with E-state index in [1.165, 1.54) is 79.2 Å². The van der Waals surface area contributed by atoms with Crippen LogP contribution in [0.3, 0.4) is 0 Å². The van der Waals surface area contributed by atoms with Crippen molar-refractivity contribution in [2.75, 3.05) is 31.1 Å². The number of halogens is 1. The first-order valence-electron chi connectivity index (χ1n) is 23.8. The third-order valence-electron chi connectivity index (χ3n) is 15.5. The lowest BCUT2D eigenvalue weighted by molar-refractivity contribution is -0.388. The molecule has 5 aromatic rings. The van der Waals surface area contributed by atoms with Gasteiger partial charge in [-0.15, -0.1) is 11.8 Å². The average molecular weight is 951 g/mol. The molecular weight excluding hydrogens is 892 g/mol. The number of likely N-dealkylation sites (tertiary alicyclic amines) is 1. The third kappa shape index (κ3) is 9.01. The zero-order chi connectivity index (χ0) is 46.8. The van der Waals surface area contributed by atoms with E-state index in [4.69, 9.17) is 9.47 Å². The molecule has 2 atom stereocenters. The molecule has 0 radical (unpaired) electrons. The van der Waals surface area contributed by atoms with Crippen molar-refractivity contribution in [1.82, 2.24) is 19.6 Å². The summed E-state index contributed by atoms with van der Waals surface area (Å²) in [6.45, 7) is 12.1. The fourth-order valence-electron chi connectivity index (χ4n) is 11.5. The Kier molecular flexibility index (Phi) is 12.1. The molecule has 3 aromatic carbocycles. The molecule has 1 spiro atoms. The first kappa shape index (κ1) is 45.6. The van der Waals surface area contributed by atoms with E-state index >= 15 is 0 Å². The van der Waals surface area contributed by atoms with Crippen LogP contribution in [0.5, 0.6) is 17.2 Å². The van der Waals surface area contributed by atoms with Crippen molar-refractivity contribution in [3.63, 3.8) is 0 Å². The molecule has 3 aliphatic heterocycles. The number of carbonyl (C=O) groups excluding carboxylic acids is 1. The highest BCUT2D eigenvalue weighted by Gasteiger charge is 2.50. The molecule has 1 unspecified atom stereocenters. The summed E-state index contributed by atoms with van der Waals surface area (Å²) in [4.78, 5) is 37.9. The smallest absolute Gasteiger partial charge is 0.288 e. The maximum atomic E-state index is 14.7. The van der Waals surface area contributed by atoms with E-state index in [1.54, 1.807) is 12.1 Å². The molecule has 67 heavy (non-hydrogen) atoms. The fourth-order valence-corrected chi connectivity index (χ4v) is 13.9. The second-order valence-corrected chi connectivity index (χ2v) is 23.6. The summed E-state index contributed by atoms with van der Waals surface area (Å²) in [6.07, 6.45) is 13.5. The Balaban J connectivity index is 0.863. The van der Waals surface area contributed by atoms with Gasteiger partial charge in [0.2, 0.25) is 0 Å². The zero-order valence-electron chi connectivity index (χ0n) is 38.6. The zero-order valence-corrected chi connectivity index (χ0v) is 40.2. The Hall–Kier alpha value is -5.19. The molecular formula is C51H59FN6O7S2. The summed E-state index contributed by atoms with van der Waals surface area (Å²) in [6, 6.07) is 18.7. The van der Waals surface area contributed by atoms with Crippen LogP contribution in [0.4, 0.5) is 15.8 Å². The summed E-state index contributed by atoms with van der Waals surface area (Å²) >= 11 is 1.37. The average Bonchev–Trinajstić information content (AvgIpc) is 3.94. The van der Waals surface area contributed by atoms with Crippen molar-refractivity contribution in [1.29, 1.82) is 0 Å². The summed E-state index contributed by atoms with van der Waals surface area (Å²) in [5.41, 5.74) is 4.08. The van der Waals surface area contributed by atoms with Gasteiger partial charge in [0.1, 0.15) is 40.2 Å². The number of hydrogen-bond donors (Lipinski definition) is 2. The van der Waals surface area contributed by atoms with Crippen LogP contribution in [0, 0.1) is 32.7 Å². The highest BCUT2D eigenvalue weighted by Crippen LogP contribution is 2.55. The van der Waals surface area contributed by atoms with Crippen LogP contribution in [0.15, 0.2) is 82.8 Å². The quantitative estimate of drug-likeness (QED) is 0.0958. The summed E-state index contributed by atoms with van der Waals surface area (Å²) in [5, 5.41) is 12.6. The van der Waals surface area contributed by atoms with E-state index in [0.717, 1.165) is 69.9 Å². The molecule has 0 bridgehead atoms. The largest absolute Gasteiger partial charge is 0.491 e. The van der Waals surface area contributed by atoms with Gasteiger partial charge < -0.3 is 19.4 Å². The maximum absolute atomic E-state index is 14.7. The number of piperidine rings is 1. The minimum absolute atomic E-state index is 0.00133. The second kappa shape index (κ2) is 17.7. The van der Waals surface area contributed by atoms with E-state index in [2.05, 4.69) is 76.5 Å². The minimum atomic E-state index is -4.67. The van der Waals surface area contributed by atoms with Crippen molar-refractivity contribution in [2.24, 2.45) is 16.7 Å². The fraction of sp³-hybridized carbons (Fsp3) is 0.490. The number of aromatic amines is 1. The van der Waals surface area contributed by atoms with Crippen LogP contribution in [-0.2, 0) is 10.0 Å². The number of rotatable bonds is 11. The number of nitrogens with zero attached hydrogens (tertiary/aromatic N) is 4. The summed E-state index contributed by atoms with van der Waals surface area (Å²) in [5.74, 6) is -0.443. The number of pyridine rings is 1. The number of aromatic nitrogens is 2. The van der Waals surface area contributed by atoms with Crippen LogP contribution in [-0.4, -0.2) is 71.6 Å². The van der Waals surface area contributed by atoms with E-state index in [1.807, 2.05) is 0 Å². The van der Waals surface area contributed by atoms with Crippen LogP contribution in [0.1, 0.15) is 125 Å². The van der Waals surface area contributed by atoms with Gasteiger partial charge in [-0.3, -0.25) is 19.8 Å². The van der Waals surface area contributed by atoms with Crippen LogP contribution >= 0.6 is 11.8 Å². The highest BCUT2D eigenvalue weighted by atomic mass is 32.2. The Labute approximate surface area is 395 Å². The number of nitrogens with one attached hydrogen (secondary N) is 2. The van der Waals surface area contributed by atoms with E-state index in [0.29, 0.717) is 36.2 Å². The second-order valence-electron chi connectivity index (χ2n) is 20.6. The van der Waals surface area contributed by atoms with Gasteiger partial charge >= 0.3 is 0 Å². The number of amides is 1. The number of nitro benzene ring substituents is 1. The molecule has 13 nitrogen and oxygen atoms in total. The van der Waals surface area contributed by atoms with Crippen molar-refractivity contribution in [3.8, 4) is 17.2 Å². The van der Waals surface area contributed by atoms with Crippen molar-refractivity contribution in [3.05, 3.63) is 106 Å². The maximum Gasteiger partial charge on any atom is 0.288 e. The molecule has 2 aliphatic carbocycles. The first-order valence-corrected chi connectivity index (χ1v) is 26.1. The van der Waals surface area contributed by atoms with Crippen molar-refractivity contribution < 1.29 is 32.0 Å². The van der Waals surface area contributed by atoms with E-state index in [9.17, 15) is 27.7 Å². The lowest BCUT2D eigenvalue weighted by atomic mass is 9.59. The van der Waals surface area contributed by atoms with E-state index in [-0.39, 0.29) is 49.2 Å².